The number of ether oxygens (including phenoxy) is 1. The third-order valence-corrected chi connectivity index (χ3v) is 10.8. The number of nitrogens with zero attached hydrogens (tertiary/aromatic N) is 3. The predicted octanol–water partition coefficient (Wildman–Crippen LogP) is 10.5. The number of nitriles is 1. The SMILES string of the molecule is N#Cc1cccc(-c2nc(-c3ccc4c(c3)C3(c5ccccc5Oc5ccccc53)c3ccccc3-4)c3sc4ccccc4c3n2)c1. The molecule has 1 aliphatic heterocycles. The maximum absolute atomic E-state index is 9.65. The van der Waals surface area contributed by atoms with E-state index in [-0.39, 0.29) is 0 Å². The predicted molar refractivity (Wildman–Crippen MR) is 188 cm³/mol. The van der Waals surface area contributed by atoms with E-state index in [0.717, 1.165) is 55.0 Å². The molecular weight excluding hydrogens is 595 g/mol. The molecule has 0 N–H and O–H groups in total. The highest BCUT2D eigenvalue weighted by Gasteiger charge is 2.51. The van der Waals surface area contributed by atoms with Crippen LogP contribution in [-0.2, 0) is 5.41 Å². The average molecular weight is 618 g/mol. The Morgan fingerprint density at radius 2 is 1.30 bits per heavy atom. The van der Waals surface area contributed by atoms with Crippen molar-refractivity contribution in [3.05, 3.63) is 167 Å². The van der Waals surface area contributed by atoms with Crippen molar-refractivity contribution in [2.75, 3.05) is 0 Å². The van der Waals surface area contributed by atoms with Crippen LogP contribution in [0.15, 0.2) is 140 Å². The Hall–Kier alpha value is -6.09. The van der Waals surface area contributed by atoms with Gasteiger partial charge in [-0.25, -0.2) is 9.97 Å². The maximum atomic E-state index is 9.65. The van der Waals surface area contributed by atoms with Crippen LogP contribution in [0.5, 0.6) is 11.5 Å². The number of fused-ring (bicyclic) bond motifs is 12. The fraction of sp³-hybridized carbons (Fsp3) is 0.0238. The summed E-state index contributed by atoms with van der Waals surface area (Å²) in [5.74, 6) is 2.34. The first kappa shape index (κ1) is 26.2. The molecule has 8 aromatic rings. The lowest BCUT2D eigenvalue weighted by Gasteiger charge is -2.39. The van der Waals surface area contributed by atoms with E-state index in [4.69, 9.17) is 14.7 Å². The largest absolute Gasteiger partial charge is 0.457 e. The van der Waals surface area contributed by atoms with Gasteiger partial charge < -0.3 is 4.74 Å². The molecule has 5 heteroatoms. The lowest BCUT2D eigenvalue weighted by Crippen LogP contribution is -2.32. The first-order valence-electron chi connectivity index (χ1n) is 15.6. The second-order valence-corrected chi connectivity index (χ2v) is 13.1. The standard InChI is InChI=1S/C42H23N3OS/c43-24-25-10-9-11-27(22-25)41-44-38(40-39(45-41)30-13-2-8-19-37(30)47-40)26-20-21-29-28-12-1-3-14-31(28)42(34(29)23-26)32-15-4-6-17-35(32)46-36-18-7-5-16-33(36)42/h1-23H. The van der Waals surface area contributed by atoms with E-state index in [0.29, 0.717) is 11.4 Å². The second-order valence-electron chi connectivity index (χ2n) is 12.0. The molecule has 2 aliphatic rings. The smallest absolute Gasteiger partial charge is 0.160 e. The summed E-state index contributed by atoms with van der Waals surface area (Å²) in [6.45, 7) is 0. The molecule has 218 valence electrons. The molecule has 0 radical (unpaired) electrons. The topological polar surface area (TPSA) is 58.8 Å². The number of para-hydroxylation sites is 2. The van der Waals surface area contributed by atoms with Crippen LogP contribution in [0.4, 0.5) is 0 Å². The zero-order valence-electron chi connectivity index (χ0n) is 24.9. The zero-order chi connectivity index (χ0) is 31.1. The summed E-state index contributed by atoms with van der Waals surface area (Å²) in [6.07, 6.45) is 0. The molecule has 0 unspecified atom stereocenters. The Bertz CT molecular complexity index is 2600. The molecule has 2 aromatic heterocycles. The van der Waals surface area contributed by atoms with Crippen molar-refractivity contribution in [1.82, 2.24) is 9.97 Å². The average Bonchev–Trinajstić information content (AvgIpc) is 3.65. The van der Waals surface area contributed by atoms with E-state index in [1.165, 1.54) is 27.0 Å². The third kappa shape index (κ3) is 3.56. The summed E-state index contributed by atoms with van der Waals surface area (Å²) in [7, 11) is 0. The highest BCUT2D eigenvalue weighted by Crippen LogP contribution is 2.62. The minimum Gasteiger partial charge on any atom is -0.457 e. The van der Waals surface area contributed by atoms with Gasteiger partial charge in [0.05, 0.1) is 33.0 Å². The Balaban J connectivity index is 1.30. The highest BCUT2D eigenvalue weighted by atomic mass is 32.1. The van der Waals surface area contributed by atoms with Crippen molar-refractivity contribution in [2.24, 2.45) is 0 Å². The molecule has 0 fully saturated rings. The Kier molecular flexibility index (Phi) is 5.40. The zero-order valence-corrected chi connectivity index (χ0v) is 25.8. The number of hydrogen-bond donors (Lipinski definition) is 0. The minimum atomic E-state index is -0.566. The minimum absolute atomic E-state index is 0.566. The number of hydrogen-bond acceptors (Lipinski definition) is 5. The molecule has 4 nitrogen and oxygen atoms in total. The first-order valence-corrected chi connectivity index (χ1v) is 16.4. The van der Waals surface area contributed by atoms with Crippen molar-refractivity contribution < 1.29 is 4.74 Å². The van der Waals surface area contributed by atoms with Crippen LogP contribution in [0.3, 0.4) is 0 Å². The Morgan fingerprint density at radius 1 is 0.596 bits per heavy atom. The molecule has 0 bridgehead atoms. The maximum Gasteiger partial charge on any atom is 0.160 e. The molecule has 47 heavy (non-hydrogen) atoms. The highest BCUT2D eigenvalue weighted by molar-refractivity contribution is 7.26. The molecule has 1 spiro atoms. The fourth-order valence-electron chi connectivity index (χ4n) is 7.65. The molecule has 0 saturated heterocycles. The van der Waals surface area contributed by atoms with Gasteiger partial charge in [-0.05, 0) is 58.7 Å². The molecule has 6 aromatic carbocycles. The van der Waals surface area contributed by atoms with E-state index < -0.39 is 5.41 Å². The van der Waals surface area contributed by atoms with Gasteiger partial charge in [0, 0.05) is 32.3 Å². The van der Waals surface area contributed by atoms with Crippen LogP contribution in [-0.4, -0.2) is 9.97 Å². The van der Waals surface area contributed by atoms with E-state index in [2.05, 4.69) is 109 Å². The third-order valence-electron chi connectivity index (χ3n) is 9.59. The van der Waals surface area contributed by atoms with Crippen molar-refractivity contribution >= 4 is 31.6 Å². The van der Waals surface area contributed by atoms with E-state index in [1.54, 1.807) is 11.3 Å². The summed E-state index contributed by atoms with van der Waals surface area (Å²) >= 11 is 1.72. The van der Waals surface area contributed by atoms with Crippen molar-refractivity contribution in [2.45, 2.75) is 5.41 Å². The number of rotatable bonds is 2. The quantitative estimate of drug-likeness (QED) is 0.194. The van der Waals surface area contributed by atoms with Gasteiger partial charge in [-0.3, -0.25) is 0 Å². The van der Waals surface area contributed by atoms with Gasteiger partial charge in [-0.15, -0.1) is 11.3 Å². The van der Waals surface area contributed by atoms with Crippen LogP contribution in [0.2, 0.25) is 0 Å². The summed E-state index contributed by atoms with van der Waals surface area (Å²) in [5, 5.41) is 10.8. The summed E-state index contributed by atoms with van der Waals surface area (Å²) < 4.78 is 8.75. The van der Waals surface area contributed by atoms with Crippen molar-refractivity contribution in [3.8, 4) is 51.3 Å². The van der Waals surface area contributed by atoms with Crippen LogP contribution in [0, 0.1) is 11.3 Å². The van der Waals surface area contributed by atoms with Crippen LogP contribution < -0.4 is 4.74 Å². The van der Waals surface area contributed by atoms with Gasteiger partial charge in [0.1, 0.15) is 11.5 Å². The fourth-order valence-corrected chi connectivity index (χ4v) is 8.80. The van der Waals surface area contributed by atoms with Gasteiger partial charge in [-0.2, -0.15) is 5.26 Å². The molecule has 0 atom stereocenters. The Labute approximate surface area is 274 Å². The summed E-state index contributed by atoms with van der Waals surface area (Å²) in [4.78, 5) is 10.4. The van der Waals surface area contributed by atoms with E-state index in [9.17, 15) is 5.26 Å². The van der Waals surface area contributed by atoms with E-state index in [1.807, 2.05) is 36.4 Å². The lowest BCUT2D eigenvalue weighted by atomic mass is 9.66. The molecule has 1 aliphatic carbocycles. The molecule has 10 rings (SSSR count). The normalized spacial score (nSPS) is 13.4. The van der Waals surface area contributed by atoms with Gasteiger partial charge in [0.25, 0.3) is 0 Å². The van der Waals surface area contributed by atoms with Gasteiger partial charge in [-0.1, -0.05) is 103 Å². The van der Waals surface area contributed by atoms with Gasteiger partial charge in [0.15, 0.2) is 5.82 Å². The molecular formula is C42H23N3OS. The number of aromatic nitrogens is 2. The lowest BCUT2D eigenvalue weighted by molar-refractivity contribution is 0.436. The second kappa shape index (κ2) is 9.70. The number of thiophene rings is 1. The van der Waals surface area contributed by atoms with Crippen LogP contribution in [0.1, 0.15) is 27.8 Å². The molecule has 0 amide bonds. The van der Waals surface area contributed by atoms with Gasteiger partial charge >= 0.3 is 0 Å². The molecule has 0 saturated carbocycles. The Morgan fingerprint density at radius 3 is 2.11 bits per heavy atom. The molecule has 3 heterocycles. The van der Waals surface area contributed by atoms with Crippen molar-refractivity contribution in [3.63, 3.8) is 0 Å². The summed E-state index contributed by atoms with van der Waals surface area (Å²) in [5.41, 5.74) is 10.8. The van der Waals surface area contributed by atoms with Crippen LogP contribution >= 0.6 is 11.3 Å². The van der Waals surface area contributed by atoms with E-state index >= 15 is 0 Å². The van der Waals surface area contributed by atoms with Crippen molar-refractivity contribution in [1.29, 1.82) is 5.26 Å². The van der Waals surface area contributed by atoms with Gasteiger partial charge in [0.2, 0.25) is 0 Å². The van der Waals surface area contributed by atoms with Crippen LogP contribution in [0.25, 0.3) is 54.1 Å². The first-order chi connectivity index (χ1) is 23.2. The number of benzene rings is 6. The summed E-state index contributed by atoms with van der Waals surface area (Å²) in [6, 6.07) is 50.6. The monoisotopic (exact) mass is 617 g/mol.